The molecule has 0 fully saturated rings. The molecule has 3 aromatic rings. The van der Waals surface area contributed by atoms with Gasteiger partial charge in [-0.3, -0.25) is 4.79 Å². The van der Waals surface area contributed by atoms with Crippen LogP contribution in [0.3, 0.4) is 0 Å². The molecule has 0 saturated carbocycles. The molecule has 0 aliphatic heterocycles. The van der Waals surface area contributed by atoms with Gasteiger partial charge in [0.25, 0.3) is 5.91 Å². The van der Waals surface area contributed by atoms with Gasteiger partial charge in [-0.2, -0.15) is 18.3 Å². The standard InChI is InChI=1S/C22H24F3N3O4/c1-21(2,3)15-4-6-17(7-5-15)31-12-18-8-9-19(32-18)20(29)27-16-10-26-28(11-16)14-30-13-22(23,24)25/h4-11H,12-14H2,1-3H3,(H,27,29). The largest absolute Gasteiger partial charge is 0.486 e. The number of amides is 1. The fourth-order valence-electron chi connectivity index (χ4n) is 2.73. The average molecular weight is 451 g/mol. The normalized spacial score (nSPS) is 12.1. The first-order valence-electron chi connectivity index (χ1n) is 9.80. The molecule has 3 rings (SSSR count). The van der Waals surface area contributed by atoms with E-state index in [4.69, 9.17) is 9.15 Å². The minimum absolute atomic E-state index is 0.0500. The summed E-state index contributed by atoms with van der Waals surface area (Å²) in [5.41, 5.74) is 1.53. The molecule has 1 amide bonds. The molecule has 1 aromatic carbocycles. The molecule has 32 heavy (non-hydrogen) atoms. The Hall–Kier alpha value is -3.27. The molecule has 172 valence electrons. The number of alkyl halides is 3. The Morgan fingerprint density at radius 1 is 1.12 bits per heavy atom. The topological polar surface area (TPSA) is 78.5 Å². The lowest BCUT2D eigenvalue weighted by Gasteiger charge is -2.19. The minimum Gasteiger partial charge on any atom is -0.486 e. The van der Waals surface area contributed by atoms with Gasteiger partial charge < -0.3 is 19.2 Å². The lowest BCUT2D eigenvalue weighted by molar-refractivity contribution is -0.182. The molecule has 2 aromatic heterocycles. The number of benzene rings is 1. The molecule has 0 bridgehead atoms. The number of nitrogens with one attached hydrogen (secondary N) is 1. The Balaban J connectivity index is 1.49. The predicted molar refractivity (Wildman–Crippen MR) is 110 cm³/mol. The molecule has 1 N–H and O–H groups in total. The Labute approximate surface area is 183 Å². The van der Waals surface area contributed by atoms with Gasteiger partial charge >= 0.3 is 6.18 Å². The molecule has 2 heterocycles. The zero-order valence-corrected chi connectivity index (χ0v) is 17.9. The van der Waals surface area contributed by atoms with Crippen molar-refractivity contribution < 1.29 is 31.9 Å². The maximum absolute atomic E-state index is 12.3. The summed E-state index contributed by atoms with van der Waals surface area (Å²) in [7, 11) is 0. The van der Waals surface area contributed by atoms with E-state index in [0.717, 1.165) is 4.68 Å². The van der Waals surface area contributed by atoms with Crippen molar-refractivity contribution >= 4 is 11.6 Å². The van der Waals surface area contributed by atoms with Crippen LogP contribution < -0.4 is 10.1 Å². The van der Waals surface area contributed by atoms with E-state index in [-0.39, 0.29) is 17.8 Å². The zero-order chi connectivity index (χ0) is 23.4. The van der Waals surface area contributed by atoms with Crippen LogP contribution in [0.1, 0.15) is 42.6 Å². The molecule has 0 saturated heterocycles. The van der Waals surface area contributed by atoms with Crippen LogP contribution in [0.15, 0.2) is 53.2 Å². The summed E-state index contributed by atoms with van der Waals surface area (Å²) < 4.78 is 53.2. The molecule has 0 aliphatic carbocycles. The van der Waals surface area contributed by atoms with Crippen LogP contribution in [0, 0.1) is 0 Å². The van der Waals surface area contributed by atoms with E-state index < -0.39 is 25.4 Å². The lowest BCUT2D eigenvalue weighted by Crippen LogP contribution is -2.18. The second-order valence-corrected chi connectivity index (χ2v) is 8.14. The summed E-state index contributed by atoms with van der Waals surface area (Å²) in [6, 6.07) is 10.9. The molecular formula is C22H24F3N3O4. The number of hydrogen-bond acceptors (Lipinski definition) is 5. The summed E-state index contributed by atoms with van der Waals surface area (Å²) in [5, 5.41) is 6.39. The fourth-order valence-corrected chi connectivity index (χ4v) is 2.73. The van der Waals surface area contributed by atoms with Crippen molar-refractivity contribution in [2.45, 2.75) is 45.7 Å². The Kier molecular flexibility index (Phi) is 6.93. The van der Waals surface area contributed by atoms with E-state index in [9.17, 15) is 18.0 Å². The third kappa shape index (κ3) is 6.88. The van der Waals surface area contributed by atoms with Crippen LogP contribution in [-0.4, -0.2) is 28.5 Å². The van der Waals surface area contributed by atoms with E-state index >= 15 is 0 Å². The summed E-state index contributed by atoms with van der Waals surface area (Å²) in [6.45, 7) is 4.76. The summed E-state index contributed by atoms with van der Waals surface area (Å²) in [4.78, 5) is 12.3. The predicted octanol–water partition coefficient (Wildman–Crippen LogP) is 5.14. The molecule has 7 nitrogen and oxygen atoms in total. The molecule has 0 spiro atoms. The number of carbonyl (C=O) groups excluding carboxylic acids is 1. The highest BCUT2D eigenvalue weighted by Crippen LogP contribution is 2.25. The number of ether oxygens (including phenoxy) is 2. The van der Waals surface area contributed by atoms with Crippen molar-refractivity contribution in [2.75, 3.05) is 11.9 Å². The van der Waals surface area contributed by atoms with E-state index in [1.807, 2.05) is 24.3 Å². The third-order valence-corrected chi connectivity index (χ3v) is 4.37. The number of carbonyl (C=O) groups is 1. The fraction of sp³-hybridized carbons (Fsp3) is 0.364. The molecule has 0 atom stereocenters. The molecule has 0 unspecified atom stereocenters. The van der Waals surface area contributed by atoms with E-state index in [0.29, 0.717) is 17.2 Å². The highest BCUT2D eigenvalue weighted by molar-refractivity contribution is 6.02. The molecular weight excluding hydrogens is 427 g/mol. The highest BCUT2D eigenvalue weighted by Gasteiger charge is 2.27. The summed E-state index contributed by atoms with van der Waals surface area (Å²) >= 11 is 0. The van der Waals surface area contributed by atoms with Gasteiger partial charge in [0.2, 0.25) is 0 Å². The first-order valence-corrected chi connectivity index (χ1v) is 9.80. The second-order valence-electron chi connectivity index (χ2n) is 8.14. The van der Waals surface area contributed by atoms with Crippen LogP contribution in [0.4, 0.5) is 18.9 Å². The third-order valence-electron chi connectivity index (χ3n) is 4.37. The first-order chi connectivity index (χ1) is 15.0. The van der Waals surface area contributed by atoms with Crippen molar-refractivity contribution in [1.82, 2.24) is 9.78 Å². The number of furan rings is 1. The highest BCUT2D eigenvalue weighted by atomic mass is 19.4. The van der Waals surface area contributed by atoms with Gasteiger partial charge in [-0.05, 0) is 35.2 Å². The first kappa shape index (κ1) is 23.4. The van der Waals surface area contributed by atoms with Gasteiger partial charge in [-0.15, -0.1) is 0 Å². The molecule has 0 radical (unpaired) electrons. The zero-order valence-electron chi connectivity index (χ0n) is 17.9. The number of anilines is 1. The number of nitrogens with zero attached hydrogens (tertiary/aromatic N) is 2. The van der Waals surface area contributed by atoms with E-state index in [2.05, 4.69) is 35.9 Å². The van der Waals surface area contributed by atoms with Crippen molar-refractivity contribution in [3.8, 4) is 5.75 Å². The van der Waals surface area contributed by atoms with Crippen LogP contribution >= 0.6 is 0 Å². The lowest BCUT2D eigenvalue weighted by atomic mass is 9.87. The second kappa shape index (κ2) is 9.47. The number of rotatable bonds is 8. The summed E-state index contributed by atoms with van der Waals surface area (Å²) in [6.07, 6.45) is -1.77. The van der Waals surface area contributed by atoms with Gasteiger partial charge in [0.15, 0.2) is 5.76 Å². The van der Waals surface area contributed by atoms with Crippen molar-refractivity contribution in [3.63, 3.8) is 0 Å². The van der Waals surface area contributed by atoms with Gasteiger partial charge in [-0.25, -0.2) is 4.68 Å². The van der Waals surface area contributed by atoms with Gasteiger partial charge in [0.05, 0.1) is 18.1 Å². The number of halogens is 3. The van der Waals surface area contributed by atoms with Crippen LogP contribution in [0.25, 0.3) is 0 Å². The molecule has 0 aliphatic rings. The van der Waals surface area contributed by atoms with Crippen LogP contribution in [0.2, 0.25) is 0 Å². The SMILES string of the molecule is CC(C)(C)c1ccc(OCc2ccc(C(=O)Nc3cnn(COCC(F)(F)F)c3)o2)cc1. The average Bonchev–Trinajstić information content (AvgIpc) is 3.35. The Morgan fingerprint density at radius 2 is 1.84 bits per heavy atom. The Bertz CT molecular complexity index is 1030. The van der Waals surface area contributed by atoms with Gasteiger partial charge in [-0.1, -0.05) is 32.9 Å². The Morgan fingerprint density at radius 3 is 2.50 bits per heavy atom. The van der Waals surface area contributed by atoms with Crippen LogP contribution in [0.5, 0.6) is 5.75 Å². The van der Waals surface area contributed by atoms with Gasteiger partial charge in [0.1, 0.15) is 31.5 Å². The van der Waals surface area contributed by atoms with E-state index in [1.165, 1.54) is 24.0 Å². The molecule has 10 heteroatoms. The van der Waals surface area contributed by atoms with E-state index in [1.54, 1.807) is 6.07 Å². The van der Waals surface area contributed by atoms with Gasteiger partial charge in [0, 0.05) is 0 Å². The number of hydrogen-bond donors (Lipinski definition) is 1. The summed E-state index contributed by atoms with van der Waals surface area (Å²) in [5.74, 6) is 0.682. The quantitative estimate of drug-likeness (QED) is 0.513. The smallest absolute Gasteiger partial charge is 0.411 e. The van der Waals surface area contributed by atoms with Crippen molar-refractivity contribution in [1.29, 1.82) is 0 Å². The minimum atomic E-state index is -4.42. The maximum atomic E-state index is 12.3. The number of aromatic nitrogens is 2. The van der Waals surface area contributed by atoms with Crippen LogP contribution in [-0.2, 0) is 23.5 Å². The monoisotopic (exact) mass is 451 g/mol. The van der Waals surface area contributed by atoms with Crippen molar-refractivity contribution in [3.05, 3.63) is 65.9 Å². The van der Waals surface area contributed by atoms with Crippen molar-refractivity contribution in [2.24, 2.45) is 0 Å². The maximum Gasteiger partial charge on any atom is 0.411 e.